The number of pyridine rings is 1. The van der Waals surface area contributed by atoms with Crippen LogP contribution in [0.2, 0.25) is 0 Å². The average Bonchev–Trinajstić information content (AvgIpc) is 2.61. The van der Waals surface area contributed by atoms with Crippen molar-refractivity contribution in [2.75, 3.05) is 0 Å². The van der Waals surface area contributed by atoms with Crippen LogP contribution in [-0.4, -0.2) is 4.98 Å². The first-order chi connectivity index (χ1) is 12.3. The summed E-state index contributed by atoms with van der Waals surface area (Å²) in [6.07, 6.45) is 0. The van der Waals surface area contributed by atoms with Crippen LogP contribution in [-0.2, 0) is 5.41 Å². The summed E-state index contributed by atoms with van der Waals surface area (Å²) < 4.78 is 0. The summed E-state index contributed by atoms with van der Waals surface area (Å²) >= 11 is 0. The van der Waals surface area contributed by atoms with E-state index in [0.29, 0.717) is 5.56 Å². The normalized spacial score (nSPS) is 11.2. The molecule has 1 heterocycles. The summed E-state index contributed by atoms with van der Waals surface area (Å²) in [5, 5.41) is 9.31. The van der Waals surface area contributed by atoms with E-state index >= 15 is 0 Å². The Labute approximate surface area is 154 Å². The van der Waals surface area contributed by atoms with Gasteiger partial charge in [0.1, 0.15) is 11.6 Å². The number of aryl methyl sites for hydroxylation is 1. The maximum atomic E-state index is 12.0. The van der Waals surface area contributed by atoms with Gasteiger partial charge in [-0.1, -0.05) is 69.3 Å². The molecule has 0 saturated heterocycles. The summed E-state index contributed by atoms with van der Waals surface area (Å²) in [5.41, 5.74) is 5.77. The number of hydrogen-bond acceptors (Lipinski definition) is 2. The number of rotatable bonds is 2. The number of nitriles is 1. The molecule has 0 aliphatic rings. The van der Waals surface area contributed by atoms with Crippen LogP contribution in [0.15, 0.2) is 59.4 Å². The Morgan fingerprint density at radius 2 is 1.38 bits per heavy atom. The Morgan fingerprint density at radius 1 is 0.885 bits per heavy atom. The molecule has 0 unspecified atom stereocenters. The second-order valence-corrected chi connectivity index (χ2v) is 7.59. The van der Waals surface area contributed by atoms with E-state index in [4.69, 9.17) is 0 Å². The number of nitrogens with zero attached hydrogens (tertiary/aromatic N) is 1. The van der Waals surface area contributed by atoms with Gasteiger partial charge >= 0.3 is 0 Å². The first-order valence-corrected chi connectivity index (χ1v) is 8.65. The molecule has 26 heavy (non-hydrogen) atoms. The highest BCUT2D eigenvalue weighted by Crippen LogP contribution is 2.28. The molecule has 0 spiro atoms. The van der Waals surface area contributed by atoms with Gasteiger partial charge in [-0.15, -0.1) is 0 Å². The summed E-state index contributed by atoms with van der Waals surface area (Å²) in [6, 6.07) is 20.4. The molecule has 0 amide bonds. The highest BCUT2D eigenvalue weighted by Gasteiger charge is 2.13. The maximum Gasteiger partial charge on any atom is 0.266 e. The molecule has 3 rings (SSSR count). The van der Waals surface area contributed by atoms with Gasteiger partial charge < -0.3 is 4.98 Å². The number of aromatic nitrogens is 1. The molecule has 130 valence electrons. The van der Waals surface area contributed by atoms with Gasteiger partial charge in [-0.25, -0.2) is 0 Å². The molecule has 1 aromatic heterocycles. The van der Waals surface area contributed by atoms with Crippen LogP contribution in [0, 0.1) is 18.3 Å². The lowest BCUT2D eigenvalue weighted by molar-refractivity contribution is 0.590. The second kappa shape index (κ2) is 6.65. The largest absolute Gasteiger partial charge is 0.325 e. The fraction of sp³-hybridized carbons (Fsp3) is 0.217. The molecular weight excluding hydrogens is 320 g/mol. The van der Waals surface area contributed by atoms with Crippen molar-refractivity contribution in [1.29, 1.82) is 5.26 Å². The molecule has 0 aliphatic heterocycles. The van der Waals surface area contributed by atoms with Crippen molar-refractivity contribution in [3.05, 3.63) is 81.8 Å². The van der Waals surface area contributed by atoms with Crippen LogP contribution < -0.4 is 5.56 Å². The molecule has 0 atom stereocenters. The second-order valence-electron chi connectivity index (χ2n) is 7.59. The van der Waals surface area contributed by atoms with Gasteiger partial charge in [0, 0.05) is 11.3 Å². The van der Waals surface area contributed by atoms with E-state index in [2.05, 4.69) is 50.0 Å². The summed E-state index contributed by atoms with van der Waals surface area (Å²) in [7, 11) is 0. The maximum absolute atomic E-state index is 12.0. The topological polar surface area (TPSA) is 56.6 Å². The number of aromatic amines is 1. The zero-order valence-electron chi connectivity index (χ0n) is 15.6. The predicted molar refractivity (Wildman–Crippen MR) is 106 cm³/mol. The molecule has 0 radical (unpaired) electrons. The molecule has 3 heteroatoms. The Kier molecular flexibility index (Phi) is 4.52. The Morgan fingerprint density at radius 3 is 1.88 bits per heavy atom. The summed E-state index contributed by atoms with van der Waals surface area (Å²) in [6.45, 7) is 8.42. The molecular formula is C23H22N2O. The zero-order chi connectivity index (χ0) is 18.9. The smallest absolute Gasteiger partial charge is 0.266 e. The highest BCUT2D eigenvalue weighted by molar-refractivity contribution is 5.74. The van der Waals surface area contributed by atoms with Crippen molar-refractivity contribution < 1.29 is 0 Å². The molecule has 3 aromatic rings. The van der Waals surface area contributed by atoms with E-state index in [1.165, 1.54) is 5.56 Å². The van der Waals surface area contributed by atoms with Crippen molar-refractivity contribution in [2.24, 2.45) is 0 Å². The fourth-order valence-corrected chi connectivity index (χ4v) is 3.03. The van der Waals surface area contributed by atoms with E-state index in [1.54, 1.807) is 0 Å². The SMILES string of the molecule is Cc1cc(-c2ccc(-c3ccc(C(C)(C)C)cc3)cc2)c(C#N)c(=O)[nH]1. The molecule has 1 N–H and O–H groups in total. The van der Waals surface area contributed by atoms with Crippen LogP contribution >= 0.6 is 0 Å². The minimum Gasteiger partial charge on any atom is -0.325 e. The highest BCUT2D eigenvalue weighted by atomic mass is 16.1. The average molecular weight is 342 g/mol. The van der Waals surface area contributed by atoms with Gasteiger partial charge in [0.15, 0.2) is 0 Å². The molecule has 0 fully saturated rings. The number of benzene rings is 2. The first kappa shape index (κ1) is 17.7. The van der Waals surface area contributed by atoms with Gasteiger partial charge in [0.05, 0.1) is 0 Å². The minimum atomic E-state index is -0.343. The van der Waals surface area contributed by atoms with E-state index in [0.717, 1.165) is 22.4 Å². The van der Waals surface area contributed by atoms with Gasteiger partial charge in [-0.05, 0) is 40.7 Å². The van der Waals surface area contributed by atoms with Crippen LogP contribution in [0.1, 0.15) is 37.6 Å². The van der Waals surface area contributed by atoms with Crippen LogP contribution in [0.25, 0.3) is 22.3 Å². The standard InChI is InChI=1S/C23H22N2O/c1-15-13-20(21(14-24)22(26)25-15)18-7-5-16(6-8-18)17-9-11-19(12-10-17)23(2,3)4/h5-13H,1-4H3,(H,25,26). The van der Waals surface area contributed by atoms with E-state index in [1.807, 2.05) is 43.3 Å². The van der Waals surface area contributed by atoms with Gasteiger partial charge in [0.2, 0.25) is 0 Å². The third-order valence-electron chi connectivity index (χ3n) is 4.56. The van der Waals surface area contributed by atoms with E-state index in [9.17, 15) is 10.1 Å². The van der Waals surface area contributed by atoms with Gasteiger partial charge in [0.25, 0.3) is 5.56 Å². The number of hydrogen-bond donors (Lipinski definition) is 1. The quantitative estimate of drug-likeness (QED) is 0.697. The fourth-order valence-electron chi connectivity index (χ4n) is 3.03. The monoisotopic (exact) mass is 342 g/mol. The van der Waals surface area contributed by atoms with Crippen molar-refractivity contribution in [1.82, 2.24) is 4.98 Å². The zero-order valence-corrected chi connectivity index (χ0v) is 15.6. The Balaban J connectivity index is 1.98. The van der Waals surface area contributed by atoms with Crippen molar-refractivity contribution in [3.8, 4) is 28.3 Å². The molecule has 3 nitrogen and oxygen atoms in total. The Hall–Kier alpha value is -3.12. The van der Waals surface area contributed by atoms with Crippen LogP contribution in [0.4, 0.5) is 0 Å². The van der Waals surface area contributed by atoms with E-state index in [-0.39, 0.29) is 16.5 Å². The van der Waals surface area contributed by atoms with Gasteiger partial charge in [-0.2, -0.15) is 5.26 Å². The molecule has 0 saturated carbocycles. The van der Waals surface area contributed by atoms with Gasteiger partial charge in [-0.3, -0.25) is 4.79 Å². The summed E-state index contributed by atoms with van der Waals surface area (Å²) in [4.78, 5) is 14.7. The van der Waals surface area contributed by atoms with Crippen molar-refractivity contribution in [2.45, 2.75) is 33.1 Å². The van der Waals surface area contributed by atoms with Crippen LogP contribution in [0.5, 0.6) is 0 Å². The predicted octanol–water partition coefficient (Wildman–Crippen LogP) is 5.19. The number of H-pyrrole nitrogens is 1. The summed E-state index contributed by atoms with van der Waals surface area (Å²) in [5.74, 6) is 0. The lowest BCUT2D eigenvalue weighted by atomic mass is 9.86. The lowest BCUT2D eigenvalue weighted by Gasteiger charge is -2.19. The molecule has 0 aliphatic carbocycles. The lowest BCUT2D eigenvalue weighted by Crippen LogP contribution is -2.12. The number of nitrogens with one attached hydrogen (secondary N) is 1. The first-order valence-electron chi connectivity index (χ1n) is 8.65. The molecule has 0 bridgehead atoms. The minimum absolute atomic E-state index is 0.133. The third kappa shape index (κ3) is 3.45. The van der Waals surface area contributed by atoms with Crippen molar-refractivity contribution >= 4 is 0 Å². The van der Waals surface area contributed by atoms with Crippen LogP contribution in [0.3, 0.4) is 0 Å². The molecule has 2 aromatic carbocycles. The van der Waals surface area contributed by atoms with Crippen molar-refractivity contribution in [3.63, 3.8) is 0 Å². The Bertz CT molecular complexity index is 1030. The third-order valence-corrected chi connectivity index (χ3v) is 4.56. The van der Waals surface area contributed by atoms with E-state index < -0.39 is 0 Å².